The average Bonchev–Trinajstić information content (AvgIpc) is 2.42. The van der Waals surface area contributed by atoms with E-state index < -0.39 is 0 Å². The second-order valence-electron chi connectivity index (χ2n) is 5.93. The van der Waals surface area contributed by atoms with Gasteiger partial charge in [-0.15, -0.1) is 0 Å². The number of hydrogen-bond acceptors (Lipinski definition) is 3. The number of amides is 1. The van der Waals surface area contributed by atoms with Crippen molar-refractivity contribution in [3.8, 4) is 0 Å². The molecule has 22 heavy (non-hydrogen) atoms. The third-order valence-corrected chi connectivity index (χ3v) is 3.33. The van der Waals surface area contributed by atoms with Gasteiger partial charge in [0, 0.05) is 11.7 Å². The fraction of sp³-hybridized carbons (Fsp3) is 0.333. The van der Waals surface area contributed by atoms with E-state index in [0.717, 1.165) is 16.8 Å². The van der Waals surface area contributed by atoms with E-state index in [1.54, 1.807) is 6.07 Å². The summed E-state index contributed by atoms with van der Waals surface area (Å²) in [5.41, 5.74) is 4.57. The predicted octanol–water partition coefficient (Wildman–Crippen LogP) is 4.08. The third kappa shape index (κ3) is 3.85. The van der Waals surface area contributed by atoms with Crippen molar-refractivity contribution in [3.05, 3.63) is 52.7 Å². The van der Waals surface area contributed by atoms with Gasteiger partial charge >= 0.3 is 0 Å². The van der Waals surface area contributed by atoms with Crippen molar-refractivity contribution in [2.45, 2.75) is 40.7 Å². The molecule has 0 atom stereocenters. The molecule has 1 heterocycles. The van der Waals surface area contributed by atoms with Gasteiger partial charge in [-0.1, -0.05) is 23.8 Å². The Hall–Kier alpha value is -2.36. The minimum Gasteiger partial charge on any atom is -0.368 e. The summed E-state index contributed by atoms with van der Waals surface area (Å²) in [6.45, 7) is 10.1. The van der Waals surface area contributed by atoms with E-state index in [4.69, 9.17) is 0 Å². The first-order valence-corrected chi connectivity index (χ1v) is 7.49. The zero-order valence-corrected chi connectivity index (χ0v) is 13.8. The molecule has 0 saturated heterocycles. The molecule has 0 aliphatic rings. The average molecular weight is 297 g/mol. The van der Waals surface area contributed by atoms with Gasteiger partial charge in [-0.2, -0.15) is 0 Å². The van der Waals surface area contributed by atoms with Crippen LogP contribution in [0.2, 0.25) is 0 Å². The number of hydrogen-bond donors (Lipinski definition) is 2. The molecule has 0 spiro atoms. The van der Waals surface area contributed by atoms with E-state index in [1.807, 2.05) is 46.8 Å². The van der Waals surface area contributed by atoms with Crippen molar-refractivity contribution < 1.29 is 4.79 Å². The van der Waals surface area contributed by atoms with Crippen LogP contribution >= 0.6 is 0 Å². The maximum absolute atomic E-state index is 12.4. The second-order valence-corrected chi connectivity index (χ2v) is 5.93. The Labute approximate surface area is 132 Å². The van der Waals surface area contributed by atoms with Crippen LogP contribution in [0.15, 0.2) is 30.3 Å². The fourth-order valence-electron chi connectivity index (χ4n) is 2.49. The first-order chi connectivity index (χ1) is 10.4. The number of anilines is 2. The molecule has 2 N–H and O–H groups in total. The number of aryl methyl sites for hydroxylation is 3. The normalized spacial score (nSPS) is 10.6. The molecule has 2 aromatic rings. The molecule has 0 bridgehead atoms. The van der Waals surface area contributed by atoms with Crippen LogP contribution in [0.5, 0.6) is 0 Å². The van der Waals surface area contributed by atoms with Gasteiger partial charge in [-0.3, -0.25) is 4.79 Å². The zero-order valence-electron chi connectivity index (χ0n) is 13.8. The first-order valence-electron chi connectivity index (χ1n) is 7.49. The monoisotopic (exact) mass is 297 g/mol. The molecule has 4 heteroatoms. The summed E-state index contributed by atoms with van der Waals surface area (Å²) in [7, 11) is 0. The molecule has 0 radical (unpaired) electrons. The summed E-state index contributed by atoms with van der Waals surface area (Å²) in [5.74, 6) is 0.516. The first kappa shape index (κ1) is 16.0. The second kappa shape index (κ2) is 6.60. The zero-order chi connectivity index (χ0) is 16.3. The van der Waals surface area contributed by atoms with Crippen LogP contribution in [0.1, 0.15) is 41.0 Å². The number of rotatable bonds is 4. The van der Waals surface area contributed by atoms with Gasteiger partial charge in [0.1, 0.15) is 11.5 Å². The van der Waals surface area contributed by atoms with Crippen molar-refractivity contribution in [2.75, 3.05) is 10.6 Å². The molecule has 0 aliphatic carbocycles. The summed E-state index contributed by atoms with van der Waals surface area (Å²) in [6, 6.07) is 9.81. The number of carbonyl (C=O) groups excluding carboxylic acids is 1. The lowest BCUT2D eigenvalue weighted by Gasteiger charge is -2.13. The molecule has 4 nitrogen and oxygen atoms in total. The van der Waals surface area contributed by atoms with Crippen LogP contribution in [0.25, 0.3) is 0 Å². The van der Waals surface area contributed by atoms with E-state index in [-0.39, 0.29) is 11.9 Å². The predicted molar refractivity (Wildman–Crippen MR) is 91.6 cm³/mol. The van der Waals surface area contributed by atoms with E-state index >= 15 is 0 Å². The van der Waals surface area contributed by atoms with E-state index in [1.165, 1.54) is 5.56 Å². The minimum atomic E-state index is -0.192. The number of nitrogens with zero attached hydrogens (tertiary/aromatic N) is 1. The van der Waals surface area contributed by atoms with Gasteiger partial charge < -0.3 is 10.6 Å². The summed E-state index contributed by atoms with van der Waals surface area (Å²) < 4.78 is 0. The standard InChI is InChI=1S/C18H23N3O/c1-11(2)19-16-8-6-7-15(20-16)18(22)21-17-13(4)9-12(3)10-14(17)5/h6-11H,1-5H3,(H,19,20)(H,21,22). The van der Waals surface area contributed by atoms with Crippen LogP contribution < -0.4 is 10.6 Å². The van der Waals surface area contributed by atoms with E-state index in [0.29, 0.717) is 11.5 Å². The van der Waals surface area contributed by atoms with Crippen LogP contribution in [-0.2, 0) is 0 Å². The summed E-state index contributed by atoms with van der Waals surface area (Å²) in [6.07, 6.45) is 0. The van der Waals surface area contributed by atoms with Crippen molar-refractivity contribution in [3.63, 3.8) is 0 Å². The van der Waals surface area contributed by atoms with Gasteiger partial charge in [-0.25, -0.2) is 4.98 Å². The molecule has 1 aromatic heterocycles. The maximum Gasteiger partial charge on any atom is 0.274 e. The molecular weight excluding hydrogens is 274 g/mol. The summed E-state index contributed by atoms with van der Waals surface area (Å²) >= 11 is 0. The SMILES string of the molecule is Cc1cc(C)c(NC(=O)c2cccc(NC(C)C)n2)c(C)c1. The molecule has 0 fully saturated rings. The van der Waals surface area contributed by atoms with Crippen molar-refractivity contribution >= 4 is 17.4 Å². The Morgan fingerprint density at radius 3 is 2.32 bits per heavy atom. The molecular formula is C18H23N3O. The summed E-state index contributed by atoms with van der Waals surface area (Å²) in [4.78, 5) is 16.8. The number of pyridine rings is 1. The Morgan fingerprint density at radius 1 is 1.09 bits per heavy atom. The number of carbonyl (C=O) groups is 1. The third-order valence-electron chi connectivity index (χ3n) is 3.33. The van der Waals surface area contributed by atoms with E-state index in [9.17, 15) is 4.79 Å². The quantitative estimate of drug-likeness (QED) is 0.894. The van der Waals surface area contributed by atoms with E-state index in [2.05, 4.69) is 27.8 Å². The Bertz CT molecular complexity index is 669. The van der Waals surface area contributed by atoms with Gasteiger partial charge in [0.2, 0.25) is 0 Å². The largest absolute Gasteiger partial charge is 0.368 e. The fourth-order valence-corrected chi connectivity index (χ4v) is 2.49. The molecule has 1 aromatic carbocycles. The Morgan fingerprint density at radius 2 is 1.73 bits per heavy atom. The highest BCUT2D eigenvalue weighted by Gasteiger charge is 2.12. The lowest BCUT2D eigenvalue weighted by molar-refractivity contribution is 0.102. The topological polar surface area (TPSA) is 54.0 Å². The van der Waals surface area contributed by atoms with Crippen LogP contribution in [-0.4, -0.2) is 16.9 Å². The highest BCUT2D eigenvalue weighted by Crippen LogP contribution is 2.22. The highest BCUT2D eigenvalue weighted by molar-refractivity contribution is 6.04. The van der Waals surface area contributed by atoms with Gasteiger partial charge in [0.25, 0.3) is 5.91 Å². The number of aromatic nitrogens is 1. The molecule has 0 saturated carbocycles. The van der Waals surface area contributed by atoms with Crippen LogP contribution in [0.4, 0.5) is 11.5 Å². The van der Waals surface area contributed by atoms with Gasteiger partial charge in [0.15, 0.2) is 0 Å². The Balaban J connectivity index is 2.23. The van der Waals surface area contributed by atoms with Gasteiger partial charge in [0.05, 0.1) is 0 Å². The van der Waals surface area contributed by atoms with Crippen molar-refractivity contribution in [1.82, 2.24) is 4.98 Å². The molecule has 0 unspecified atom stereocenters. The lowest BCUT2D eigenvalue weighted by Crippen LogP contribution is -2.17. The van der Waals surface area contributed by atoms with Crippen LogP contribution in [0, 0.1) is 20.8 Å². The molecule has 1 amide bonds. The smallest absolute Gasteiger partial charge is 0.274 e. The number of benzene rings is 1. The molecule has 0 aliphatic heterocycles. The Kier molecular flexibility index (Phi) is 4.81. The van der Waals surface area contributed by atoms with Gasteiger partial charge in [-0.05, 0) is 57.9 Å². The maximum atomic E-state index is 12.4. The van der Waals surface area contributed by atoms with Crippen molar-refractivity contribution in [1.29, 1.82) is 0 Å². The number of nitrogens with one attached hydrogen (secondary N) is 2. The molecule has 116 valence electrons. The summed E-state index contributed by atoms with van der Waals surface area (Å²) in [5, 5.41) is 6.18. The molecule has 2 rings (SSSR count). The lowest BCUT2D eigenvalue weighted by atomic mass is 10.0. The van der Waals surface area contributed by atoms with Crippen molar-refractivity contribution in [2.24, 2.45) is 0 Å². The minimum absolute atomic E-state index is 0.192. The highest BCUT2D eigenvalue weighted by atomic mass is 16.1. The van der Waals surface area contributed by atoms with Crippen LogP contribution in [0.3, 0.4) is 0 Å².